The summed E-state index contributed by atoms with van der Waals surface area (Å²) in [7, 11) is 1.54. The Hall–Kier alpha value is -1.96. The first-order valence-corrected chi connectivity index (χ1v) is 5.33. The van der Waals surface area contributed by atoms with Crippen LogP contribution in [-0.2, 0) is 0 Å². The molecule has 0 fully saturated rings. The molecule has 1 aromatic heterocycles. The molecule has 0 bridgehead atoms. The van der Waals surface area contributed by atoms with Crippen molar-refractivity contribution in [1.82, 2.24) is 9.97 Å². The quantitative estimate of drug-likeness (QED) is 0.787. The van der Waals surface area contributed by atoms with Crippen molar-refractivity contribution in [2.45, 2.75) is 26.4 Å². The van der Waals surface area contributed by atoms with E-state index in [9.17, 15) is 0 Å². The predicted octanol–water partition coefficient (Wildman–Crippen LogP) is 1.71. The lowest BCUT2D eigenvalue weighted by atomic mass is 10.1. The zero-order chi connectivity index (χ0) is 12.9. The number of nitrogens with one attached hydrogen (secondary N) is 1. The largest absolute Gasteiger partial charge is 0.489 e. The highest BCUT2D eigenvalue weighted by molar-refractivity contribution is 5.55. The van der Waals surface area contributed by atoms with E-state index in [1.807, 2.05) is 6.92 Å². The van der Waals surface area contributed by atoms with Crippen molar-refractivity contribution >= 4 is 5.82 Å². The third kappa shape index (κ3) is 3.25. The highest BCUT2D eigenvalue weighted by atomic mass is 16.5. The van der Waals surface area contributed by atoms with Crippen LogP contribution >= 0.6 is 0 Å². The molecule has 5 heteroatoms. The van der Waals surface area contributed by atoms with Crippen LogP contribution in [0.1, 0.15) is 20.8 Å². The molecular weight excluding hydrogens is 218 g/mol. The zero-order valence-corrected chi connectivity index (χ0v) is 10.6. The average Bonchev–Trinajstić information content (AvgIpc) is 2.29. The van der Waals surface area contributed by atoms with Crippen molar-refractivity contribution in [2.75, 3.05) is 19.0 Å². The zero-order valence-electron chi connectivity index (χ0n) is 10.6. The van der Waals surface area contributed by atoms with Gasteiger partial charge >= 0.3 is 0 Å². The first kappa shape index (κ1) is 13.1. The van der Waals surface area contributed by atoms with E-state index in [2.05, 4.69) is 21.2 Å². The molecule has 17 heavy (non-hydrogen) atoms. The summed E-state index contributed by atoms with van der Waals surface area (Å²) < 4.78 is 10.8. The van der Waals surface area contributed by atoms with Crippen LogP contribution in [0.2, 0.25) is 0 Å². The van der Waals surface area contributed by atoms with E-state index in [1.54, 1.807) is 13.8 Å². The van der Waals surface area contributed by atoms with Gasteiger partial charge in [0, 0.05) is 6.54 Å². The van der Waals surface area contributed by atoms with Crippen molar-refractivity contribution in [1.29, 1.82) is 0 Å². The summed E-state index contributed by atoms with van der Waals surface area (Å²) in [6.45, 7) is 6.25. The van der Waals surface area contributed by atoms with Crippen LogP contribution in [0.15, 0.2) is 6.33 Å². The van der Waals surface area contributed by atoms with Crippen molar-refractivity contribution in [3.05, 3.63) is 6.33 Å². The summed E-state index contributed by atoms with van der Waals surface area (Å²) in [5.74, 6) is 3.92. The van der Waals surface area contributed by atoms with Gasteiger partial charge in [0.15, 0.2) is 11.4 Å². The Morgan fingerprint density at radius 3 is 2.71 bits per heavy atom. The van der Waals surface area contributed by atoms with Crippen LogP contribution in [-0.4, -0.2) is 29.2 Å². The summed E-state index contributed by atoms with van der Waals surface area (Å²) in [5.41, 5.74) is -0.745. The van der Waals surface area contributed by atoms with E-state index in [-0.39, 0.29) is 0 Å². The molecule has 0 aliphatic rings. The Kier molecular flexibility index (Phi) is 4.16. The van der Waals surface area contributed by atoms with Crippen LogP contribution in [0, 0.1) is 12.3 Å². The smallest absolute Gasteiger partial charge is 0.264 e. The maximum absolute atomic E-state index is 5.61. The molecule has 1 N–H and O–H groups in total. The molecule has 0 amide bonds. The Bertz CT molecular complexity index is 424. The number of hydrogen-bond donors (Lipinski definition) is 1. The van der Waals surface area contributed by atoms with Gasteiger partial charge in [0.2, 0.25) is 5.75 Å². The Morgan fingerprint density at radius 2 is 2.18 bits per heavy atom. The summed E-state index contributed by atoms with van der Waals surface area (Å²) in [5, 5.41) is 3.06. The fraction of sp³-hybridized carbons (Fsp3) is 0.500. The highest BCUT2D eigenvalue weighted by Crippen LogP contribution is 2.32. The van der Waals surface area contributed by atoms with Crippen LogP contribution in [0.5, 0.6) is 11.6 Å². The number of nitrogens with zero attached hydrogens (tertiary/aromatic N) is 2. The maximum Gasteiger partial charge on any atom is 0.264 e. The van der Waals surface area contributed by atoms with Gasteiger partial charge < -0.3 is 14.8 Å². The molecule has 0 radical (unpaired) electrons. The molecular formula is C12H17N3O2. The SMILES string of the molecule is C#CC(C)(C)Oc1ncnc(NCC)c1OC. The van der Waals surface area contributed by atoms with Gasteiger partial charge in [-0.25, -0.2) is 4.98 Å². The van der Waals surface area contributed by atoms with Crippen LogP contribution in [0.25, 0.3) is 0 Å². The molecule has 0 saturated heterocycles. The second-order valence-electron chi connectivity index (χ2n) is 3.85. The molecule has 0 aliphatic heterocycles. The van der Waals surface area contributed by atoms with E-state index in [0.717, 1.165) is 6.54 Å². The minimum absolute atomic E-state index is 0.335. The molecule has 0 aromatic carbocycles. The second kappa shape index (κ2) is 5.39. The monoisotopic (exact) mass is 235 g/mol. The van der Waals surface area contributed by atoms with Gasteiger partial charge in [-0.05, 0) is 20.8 Å². The van der Waals surface area contributed by atoms with Crippen LogP contribution in [0.3, 0.4) is 0 Å². The second-order valence-corrected chi connectivity index (χ2v) is 3.85. The van der Waals surface area contributed by atoms with Gasteiger partial charge in [-0.2, -0.15) is 4.98 Å². The molecule has 0 spiro atoms. The minimum atomic E-state index is -0.745. The highest BCUT2D eigenvalue weighted by Gasteiger charge is 2.21. The van der Waals surface area contributed by atoms with Crippen molar-refractivity contribution in [3.63, 3.8) is 0 Å². The maximum atomic E-state index is 5.61. The topological polar surface area (TPSA) is 56.3 Å². The van der Waals surface area contributed by atoms with E-state index in [4.69, 9.17) is 15.9 Å². The third-order valence-electron chi connectivity index (χ3n) is 2.02. The minimum Gasteiger partial charge on any atom is -0.489 e. The molecule has 1 heterocycles. The van der Waals surface area contributed by atoms with E-state index >= 15 is 0 Å². The third-order valence-corrected chi connectivity index (χ3v) is 2.02. The van der Waals surface area contributed by atoms with Crippen molar-refractivity contribution in [3.8, 4) is 24.0 Å². The first-order valence-electron chi connectivity index (χ1n) is 5.33. The van der Waals surface area contributed by atoms with Gasteiger partial charge in [0.25, 0.3) is 5.88 Å². The van der Waals surface area contributed by atoms with Crippen LogP contribution < -0.4 is 14.8 Å². The summed E-state index contributed by atoms with van der Waals surface area (Å²) >= 11 is 0. The molecule has 0 atom stereocenters. The molecule has 1 rings (SSSR count). The number of hydrogen-bond acceptors (Lipinski definition) is 5. The number of anilines is 1. The van der Waals surface area contributed by atoms with Gasteiger partial charge in [0.05, 0.1) is 7.11 Å². The average molecular weight is 235 g/mol. The van der Waals surface area contributed by atoms with Crippen molar-refractivity contribution in [2.24, 2.45) is 0 Å². The van der Waals surface area contributed by atoms with Gasteiger partial charge in [-0.15, -0.1) is 6.42 Å². The molecule has 5 nitrogen and oxygen atoms in total. The van der Waals surface area contributed by atoms with E-state index in [1.165, 1.54) is 13.4 Å². The predicted molar refractivity (Wildman–Crippen MR) is 66.3 cm³/mol. The Balaban J connectivity index is 3.08. The summed E-state index contributed by atoms with van der Waals surface area (Å²) in [4.78, 5) is 8.11. The van der Waals surface area contributed by atoms with Crippen molar-refractivity contribution < 1.29 is 9.47 Å². The molecule has 0 unspecified atom stereocenters. The normalized spacial score (nSPS) is 10.5. The van der Waals surface area contributed by atoms with E-state index in [0.29, 0.717) is 17.4 Å². The summed E-state index contributed by atoms with van der Waals surface area (Å²) in [6.07, 6.45) is 6.77. The molecule has 92 valence electrons. The molecule has 0 saturated carbocycles. The number of ether oxygens (including phenoxy) is 2. The fourth-order valence-electron chi connectivity index (χ4n) is 1.18. The Morgan fingerprint density at radius 1 is 1.47 bits per heavy atom. The van der Waals surface area contributed by atoms with Crippen LogP contribution in [0.4, 0.5) is 5.82 Å². The number of methoxy groups -OCH3 is 1. The van der Waals surface area contributed by atoms with Gasteiger partial charge in [-0.3, -0.25) is 0 Å². The van der Waals surface area contributed by atoms with Gasteiger partial charge in [0.1, 0.15) is 6.33 Å². The lowest BCUT2D eigenvalue weighted by molar-refractivity contribution is 0.157. The van der Waals surface area contributed by atoms with Gasteiger partial charge in [-0.1, -0.05) is 5.92 Å². The lowest BCUT2D eigenvalue weighted by Crippen LogP contribution is -2.26. The molecule has 0 aliphatic carbocycles. The number of aromatic nitrogens is 2. The Labute approximate surface area is 102 Å². The number of terminal acetylenes is 1. The van der Waals surface area contributed by atoms with E-state index < -0.39 is 5.60 Å². The summed E-state index contributed by atoms with van der Waals surface area (Å²) in [6, 6.07) is 0. The molecule has 1 aromatic rings. The standard InChI is InChI=1S/C12H17N3O2/c1-6-12(3,4)17-11-9(16-5)10(13-7-2)14-8-15-11/h1,8H,7H2,2-5H3,(H,13,14,15). The first-order chi connectivity index (χ1) is 8.04. The number of rotatable bonds is 5. The fourth-order valence-corrected chi connectivity index (χ4v) is 1.18. The lowest BCUT2D eigenvalue weighted by Gasteiger charge is -2.21.